The monoisotopic (exact) mass is 342 g/mol. The van der Waals surface area contributed by atoms with E-state index in [1.807, 2.05) is 0 Å². The number of carboxylic acid groups (broad SMARTS) is 1. The van der Waals surface area contributed by atoms with E-state index >= 15 is 0 Å². The lowest BCUT2D eigenvalue weighted by molar-refractivity contribution is -0.149. The molecule has 8 nitrogen and oxygen atoms in total. The van der Waals surface area contributed by atoms with Crippen molar-refractivity contribution in [1.82, 2.24) is 10.2 Å². The molecule has 3 atom stereocenters. The lowest BCUT2D eigenvalue weighted by atomic mass is 9.81. The van der Waals surface area contributed by atoms with Crippen molar-refractivity contribution in [3.05, 3.63) is 0 Å². The van der Waals surface area contributed by atoms with Gasteiger partial charge in [0.05, 0.1) is 24.6 Å². The molecule has 0 aromatic rings. The second-order valence-electron chi connectivity index (χ2n) is 7.31. The van der Waals surface area contributed by atoms with E-state index in [1.165, 1.54) is 0 Å². The summed E-state index contributed by atoms with van der Waals surface area (Å²) in [6, 6.07) is -0.679. The van der Waals surface area contributed by atoms with Crippen molar-refractivity contribution in [1.29, 1.82) is 0 Å². The molecule has 2 fully saturated rings. The van der Waals surface area contributed by atoms with Crippen LogP contribution in [0.5, 0.6) is 0 Å². The van der Waals surface area contributed by atoms with Crippen molar-refractivity contribution < 1.29 is 29.0 Å². The maximum absolute atomic E-state index is 12.1. The van der Waals surface area contributed by atoms with Gasteiger partial charge in [0.25, 0.3) is 0 Å². The number of hydrogen-bond acceptors (Lipinski definition) is 5. The molecule has 1 aliphatic carbocycles. The highest BCUT2D eigenvalue weighted by atomic mass is 16.6. The Morgan fingerprint density at radius 1 is 1.33 bits per heavy atom. The van der Waals surface area contributed by atoms with Crippen LogP contribution in [0.1, 0.15) is 40.0 Å². The molecule has 0 aromatic carbocycles. The third-order valence-corrected chi connectivity index (χ3v) is 4.29. The minimum Gasteiger partial charge on any atom is -0.481 e. The molecule has 0 unspecified atom stereocenters. The van der Waals surface area contributed by atoms with Crippen LogP contribution in [0.3, 0.4) is 0 Å². The summed E-state index contributed by atoms with van der Waals surface area (Å²) in [4.78, 5) is 37.2. The van der Waals surface area contributed by atoms with E-state index in [-0.39, 0.29) is 25.0 Å². The first kappa shape index (κ1) is 18.5. The van der Waals surface area contributed by atoms with Crippen LogP contribution in [0.15, 0.2) is 0 Å². The minimum atomic E-state index is -0.877. The Morgan fingerprint density at radius 3 is 2.62 bits per heavy atom. The van der Waals surface area contributed by atoms with Gasteiger partial charge in [0.1, 0.15) is 12.2 Å². The zero-order valence-electron chi connectivity index (χ0n) is 14.4. The first-order valence-corrected chi connectivity index (χ1v) is 8.27. The topological polar surface area (TPSA) is 105 Å². The van der Waals surface area contributed by atoms with Crippen LogP contribution in [-0.4, -0.2) is 65.4 Å². The fourth-order valence-electron chi connectivity index (χ4n) is 3.25. The van der Waals surface area contributed by atoms with Gasteiger partial charge in [-0.1, -0.05) is 0 Å². The number of hydrogen-bond donors (Lipinski definition) is 2. The van der Waals surface area contributed by atoms with Crippen LogP contribution in [0.25, 0.3) is 0 Å². The van der Waals surface area contributed by atoms with Crippen LogP contribution in [-0.2, 0) is 19.1 Å². The van der Waals surface area contributed by atoms with Crippen molar-refractivity contribution in [3.63, 3.8) is 0 Å². The van der Waals surface area contributed by atoms with E-state index in [2.05, 4.69) is 5.32 Å². The van der Waals surface area contributed by atoms with Crippen LogP contribution >= 0.6 is 0 Å². The number of carbonyl (C=O) groups excluding carboxylic acids is 2. The number of rotatable bonds is 3. The molecule has 2 rings (SSSR count). The number of aliphatic carboxylic acids is 1. The van der Waals surface area contributed by atoms with E-state index in [1.54, 1.807) is 25.7 Å². The summed E-state index contributed by atoms with van der Waals surface area (Å²) in [5.74, 6) is -1.54. The third kappa shape index (κ3) is 4.83. The molecule has 24 heavy (non-hydrogen) atoms. The van der Waals surface area contributed by atoms with Gasteiger partial charge in [-0.3, -0.25) is 9.59 Å². The average molecular weight is 342 g/mol. The van der Waals surface area contributed by atoms with Gasteiger partial charge in [-0.05, 0) is 40.0 Å². The largest absolute Gasteiger partial charge is 0.481 e. The highest BCUT2D eigenvalue weighted by molar-refractivity contribution is 5.79. The molecule has 8 heteroatoms. The van der Waals surface area contributed by atoms with Gasteiger partial charge < -0.3 is 24.8 Å². The maximum Gasteiger partial charge on any atom is 0.407 e. The molecular weight excluding hydrogens is 316 g/mol. The molecular formula is C16H26N2O6. The normalized spacial score (nSPS) is 28.4. The average Bonchev–Trinajstić information content (AvgIpc) is 2.46. The molecule has 136 valence electrons. The van der Waals surface area contributed by atoms with Gasteiger partial charge in [0.2, 0.25) is 5.91 Å². The van der Waals surface area contributed by atoms with E-state index in [9.17, 15) is 19.5 Å². The van der Waals surface area contributed by atoms with Crippen LogP contribution < -0.4 is 5.32 Å². The van der Waals surface area contributed by atoms with Crippen molar-refractivity contribution in [3.8, 4) is 0 Å². The number of nitrogens with one attached hydrogen (secondary N) is 1. The zero-order valence-corrected chi connectivity index (χ0v) is 14.4. The van der Waals surface area contributed by atoms with Crippen molar-refractivity contribution in [2.75, 3.05) is 19.8 Å². The number of amides is 2. The number of ether oxygens (including phenoxy) is 2. The quantitative estimate of drug-likeness (QED) is 0.792. The van der Waals surface area contributed by atoms with E-state index < -0.39 is 29.6 Å². The molecule has 0 bridgehead atoms. The molecule has 0 radical (unpaired) electrons. The van der Waals surface area contributed by atoms with Crippen LogP contribution in [0, 0.1) is 5.92 Å². The zero-order chi connectivity index (χ0) is 17.9. The Bertz CT molecular complexity index is 501. The van der Waals surface area contributed by atoms with Crippen molar-refractivity contribution in [2.45, 2.75) is 57.7 Å². The highest BCUT2D eigenvalue weighted by Crippen LogP contribution is 2.29. The number of morpholine rings is 1. The SMILES string of the molecule is CC(C)(C)OC(=O)N[C@@H]1C[C@@H](C(=O)O)CC[C@@H]1N1CCOCC1=O. The summed E-state index contributed by atoms with van der Waals surface area (Å²) in [5.41, 5.74) is -0.644. The molecule has 2 N–H and O–H groups in total. The molecule has 1 aliphatic heterocycles. The summed E-state index contributed by atoms with van der Waals surface area (Å²) in [7, 11) is 0. The lowest BCUT2D eigenvalue weighted by Gasteiger charge is -2.43. The van der Waals surface area contributed by atoms with E-state index in [0.717, 1.165) is 0 Å². The lowest BCUT2D eigenvalue weighted by Crippen LogP contribution is -2.59. The van der Waals surface area contributed by atoms with Crippen molar-refractivity contribution >= 4 is 18.0 Å². The van der Waals surface area contributed by atoms with E-state index in [4.69, 9.17) is 9.47 Å². The second kappa shape index (κ2) is 7.38. The summed E-state index contributed by atoms with van der Waals surface area (Å²) in [6.45, 7) is 6.21. The third-order valence-electron chi connectivity index (χ3n) is 4.29. The Kier molecular flexibility index (Phi) is 5.69. The Labute approximate surface area is 141 Å². The predicted octanol–water partition coefficient (Wildman–Crippen LogP) is 0.992. The van der Waals surface area contributed by atoms with Gasteiger partial charge in [0, 0.05) is 6.54 Å². The van der Waals surface area contributed by atoms with Gasteiger partial charge in [-0.2, -0.15) is 0 Å². The van der Waals surface area contributed by atoms with Crippen LogP contribution in [0.4, 0.5) is 4.79 Å². The first-order chi connectivity index (χ1) is 11.2. The number of nitrogens with zero attached hydrogens (tertiary/aromatic N) is 1. The number of carbonyl (C=O) groups is 3. The smallest absolute Gasteiger partial charge is 0.407 e. The molecule has 2 amide bonds. The fourth-order valence-corrected chi connectivity index (χ4v) is 3.25. The van der Waals surface area contributed by atoms with Gasteiger partial charge in [-0.15, -0.1) is 0 Å². The summed E-state index contributed by atoms with van der Waals surface area (Å²) < 4.78 is 10.4. The molecule has 1 heterocycles. The standard InChI is InChI=1S/C16H26N2O6/c1-16(2,3)24-15(22)17-11-8-10(14(20)21)4-5-12(11)18-6-7-23-9-13(18)19/h10-12H,4-9H2,1-3H3,(H,17,22)(H,20,21)/t10-,11+,12-/m0/s1. The van der Waals surface area contributed by atoms with E-state index in [0.29, 0.717) is 26.0 Å². The summed E-state index contributed by atoms with van der Waals surface area (Å²) >= 11 is 0. The minimum absolute atomic E-state index is 0.0258. The molecule has 1 saturated heterocycles. The summed E-state index contributed by atoms with van der Waals surface area (Å²) in [6.07, 6.45) is 0.703. The first-order valence-electron chi connectivity index (χ1n) is 8.27. The summed E-state index contributed by atoms with van der Waals surface area (Å²) in [5, 5.41) is 12.0. The Balaban J connectivity index is 2.10. The molecule has 2 aliphatic rings. The number of carboxylic acids is 1. The predicted molar refractivity (Wildman–Crippen MR) is 84.5 cm³/mol. The molecule has 0 aromatic heterocycles. The van der Waals surface area contributed by atoms with Crippen molar-refractivity contribution in [2.24, 2.45) is 5.92 Å². The second-order valence-corrected chi connectivity index (χ2v) is 7.31. The molecule has 1 saturated carbocycles. The maximum atomic E-state index is 12.1. The number of alkyl carbamates (subject to hydrolysis) is 1. The Hall–Kier alpha value is -1.83. The highest BCUT2D eigenvalue weighted by Gasteiger charge is 2.40. The van der Waals surface area contributed by atoms with Gasteiger partial charge in [0.15, 0.2) is 0 Å². The fraction of sp³-hybridized carbons (Fsp3) is 0.812. The van der Waals surface area contributed by atoms with Crippen LogP contribution in [0.2, 0.25) is 0 Å². The molecule has 0 spiro atoms. The van der Waals surface area contributed by atoms with Gasteiger partial charge >= 0.3 is 12.1 Å². The van der Waals surface area contributed by atoms with Gasteiger partial charge in [-0.25, -0.2) is 4.79 Å². The Morgan fingerprint density at radius 2 is 2.04 bits per heavy atom.